The van der Waals surface area contributed by atoms with Gasteiger partial charge < -0.3 is 10.1 Å². The highest BCUT2D eigenvalue weighted by atomic mass is 16.5. The second-order valence-electron chi connectivity index (χ2n) is 4.28. The van der Waals surface area contributed by atoms with Gasteiger partial charge in [0.1, 0.15) is 5.41 Å². The largest absolute Gasteiger partial charge is 0.380 e. The van der Waals surface area contributed by atoms with Crippen LogP contribution in [-0.4, -0.2) is 13.0 Å². The van der Waals surface area contributed by atoms with Gasteiger partial charge in [0.05, 0.1) is 12.7 Å². The van der Waals surface area contributed by atoms with Crippen molar-refractivity contribution >= 4 is 11.6 Å². The monoisotopic (exact) mass is 230 g/mol. The lowest BCUT2D eigenvalue weighted by molar-refractivity contribution is -0.119. The second-order valence-corrected chi connectivity index (χ2v) is 4.28. The lowest BCUT2D eigenvalue weighted by atomic mass is 10.1. The number of carbonyl (C=O) groups is 1. The number of benzene rings is 1. The Labute approximate surface area is 100 Å². The highest BCUT2D eigenvalue weighted by Gasteiger charge is 2.50. The molecule has 0 unspecified atom stereocenters. The minimum absolute atomic E-state index is 0.195. The molecule has 1 saturated carbocycles. The molecule has 0 spiro atoms. The molecule has 0 aliphatic heterocycles. The van der Waals surface area contributed by atoms with Gasteiger partial charge in [0.15, 0.2) is 0 Å². The number of hydrogen-bond donors (Lipinski definition) is 1. The smallest absolute Gasteiger partial charge is 0.244 e. The maximum Gasteiger partial charge on any atom is 0.244 e. The van der Waals surface area contributed by atoms with Crippen molar-refractivity contribution in [3.8, 4) is 6.07 Å². The maximum absolute atomic E-state index is 11.8. The number of hydrogen-bond acceptors (Lipinski definition) is 3. The molecule has 1 aromatic rings. The zero-order chi connectivity index (χ0) is 12.3. The first-order chi connectivity index (χ1) is 8.20. The third-order valence-electron chi connectivity index (χ3n) is 2.92. The van der Waals surface area contributed by atoms with E-state index in [0.29, 0.717) is 19.4 Å². The third kappa shape index (κ3) is 2.45. The Morgan fingerprint density at radius 1 is 1.47 bits per heavy atom. The lowest BCUT2D eigenvalue weighted by Crippen LogP contribution is -2.22. The predicted molar refractivity (Wildman–Crippen MR) is 63.1 cm³/mol. The Hall–Kier alpha value is -1.86. The van der Waals surface area contributed by atoms with Gasteiger partial charge in [0.25, 0.3) is 0 Å². The van der Waals surface area contributed by atoms with Crippen molar-refractivity contribution < 1.29 is 9.53 Å². The zero-order valence-electron chi connectivity index (χ0n) is 9.69. The van der Waals surface area contributed by atoms with Crippen molar-refractivity contribution in [2.24, 2.45) is 5.41 Å². The zero-order valence-corrected chi connectivity index (χ0v) is 9.69. The van der Waals surface area contributed by atoms with Crippen molar-refractivity contribution in [2.45, 2.75) is 19.4 Å². The number of ether oxygens (including phenoxy) is 1. The van der Waals surface area contributed by atoms with Gasteiger partial charge >= 0.3 is 0 Å². The van der Waals surface area contributed by atoms with Crippen molar-refractivity contribution in [3.63, 3.8) is 0 Å². The fraction of sp³-hybridized carbons (Fsp3) is 0.385. The normalized spacial score (nSPS) is 16.0. The van der Waals surface area contributed by atoms with Crippen LogP contribution in [0.1, 0.15) is 18.4 Å². The predicted octanol–water partition coefficient (Wildman–Crippen LogP) is 2.08. The molecule has 0 radical (unpaired) electrons. The van der Waals surface area contributed by atoms with Gasteiger partial charge in [-0.15, -0.1) is 0 Å². The summed E-state index contributed by atoms with van der Waals surface area (Å²) in [5, 5.41) is 11.7. The Bertz CT molecular complexity index is 455. The molecule has 0 bridgehead atoms. The number of amides is 1. The number of methoxy groups -OCH3 is 1. The van der Waals surface area contributed by atoms with Crippen LogP contribution in [0, 0.1) is 16.7 Å². The molecule has 0 saturated heterocycles. The van der Waals surface area contributed by atoms with E-state index in [9.17, 15) is 4.79 Å². The van der Waals surface area contributed by atoms with E-state index in [4.69, 9.17) is 10.00 Å². The Kier molecular flexibility index (Phi) is 3.12. The van der Waals surface area contributed by atoms with Crippen LogP contribution in [0.3, 0.4) is 0 Å². The second kappa shape index (κ2) is 4.56. The highest BCUT2D eigenvalue weighted by molar-refractivity contribution is 5.99. The molecule has 1 fully saturated rings. The molecule has 4 nitrogen and oxygen atoms in total. The molecule has 1 aliphatic rings. The van der Waals surface area contributed by atoms with Crippen LogP contribution in [0.25, 0.3) is 0 Å². The molecule has 2 rings (SSSR count). The summed E-state index contributed by atoms with van der Waals surface area (Å²) in [6.45, 7) is 0.552. The van der Waals surface area contributed by atoms with Gasteiger partial charge in [-0.1, -0.05) is 12.1 Å². The molecule has 88 valence electrons. The summed E-state index contributed by atoms with van der Waals surface area (Å²) in [4.78, 5) is 11.8. The first-order valence-electron chi connectivity index (χ1n) is 5.51. The van der Waals surface area contributed by atoms with E-state index in [1.165, 1.54) is 0 Å². The van der Waals surface area contributed by atoms with Crippen molar-refractivity contribution in [1.82, 2.24) is 0 Å². The average Bonchev–Trinajstić information content (AvgIpc) is 3.13. The van der Waals surface area contributed by atoms with Crippen molar-refractivity contribution in [2.75, 3.05) is 12.4 Å². The number of rotatable bonds is 4. The van der Waals surface area contributed by atoms with E-state index in [1.807, 2.05) is 24.3 Å². The summed E-state index contributed by atoms with van der Waals surface area (Å²) >= 11 is 0. The van der Waals surface area contributed by atoms with E-state index >= 15 is 0 Å². The lowest BCUT2D eigenvalue weighted by Gasteiger charge is -2.08. The Balaban J connectivity index is 2.00. The number of carbonyl (C=O) groups excluding carboxylic acids is 1. The Morgan fingerprint density at radius 3 is 2.59 bits per heavy atom. The molecule has 1 amide bonds. The van der Waals surface area contributed by atoms with Crippen LogP contribution < -0.4 is 5.32 Å². The number of nitriles is 1. The Morgan fingerprint density at radius 2 is 2.12 bits per heavy atom. The van der Waals surface area contributed by atoms with Gasteiger partial charge in [-0.3, -0.25) is 4.79 Å². The van der Waals surface area contributed by atoms with E-state index in [-0.39, 0.29) is 5.91 Å². The fourth-order valence-corrected chi connectivity index (χ4v) is 1.62. The quantitative estimate of drug-likeness (QED) is 0.861. The van der Waals surface area contributed by atoms with Crippen molar-refractivity contribution in [3.05, 3.63) is 29.8 Å². The van der Waals surface area contributed by atoms with Crippen LogP contribution in [-0.2, 0) is 16.1 Å². The number of nitrogens with one attached hydrogen (secondary N) is 1. The summed E-state index contributed by atoms with van der Waals surface area (Å²) in [7, 11) is 1.64. The van der Waals surface area contributed by atoms with Crippen LogP contribution in [0.5, 0.6) is 0 Å². The van der Waals surface area contributed by atoms with Crippen LogP contribution in [0.15, 0.2) is 24.3 Å². The summed E-state index contributed by atoms with van der Waals surface area (Å²) in [5.74, 6) is -0.195. The topological polar surface area (TPSA) is 62.1 Å². The minimum atomic E-state index is -0.773. The van der Waals surface area contributed by atoms with Crippen LogP contribution in [0.2, 0.25) is 0 Å². The number of anilines is 1. The van der Waals surface area contributed by atoms with Gasteiger partial charge in [-0.25, -0.2) is 0 Å². The van der Waals surface area contributed by atoms with Gasteiger partial charge in [-0.2, -0.15) is 5.26 Å². The minimum Gasteiger partial charge on any atom is -0.380 e. The van der Waals surface area contributed by atoms with Gasteiger partial charge in [-0.05, 0) is 30.5 Å². The number of nitrogens with zero attached hydrogens (tertiary/aromatic N) is 1. The van der Waals surface area contributed by atoms with Gasteiger partial charge in [0.2, 0.25) is 5.91 Å². The van der Waals surface area contributed by atoms with E-state index in [0.717, 1.165) is 11.3 Å². The SMILES string of the molecule is COCc1ccc(NC(=O)C2(C#N)CC2)cc1. The molecular weight excluding hydrogens is 216 g/mol. The summed E-state index contributed by atoms with van der Waals surface area (Å²) in [6.07, 6.45) is 1.33. The van der Waals surface area contributed by atoms with E-state index < -0.39 is 5.41 Å². The summed E-state index contributed by atoms with van der Waals surface area (Å²) in [5.41, 5.74) is 0.994. The molecule has 0 atom stereocenters. The first-order valence-corrected chi connectivity index (χ1v) is 5.51. The highest BCUT2D eigenvalue weighted by Crippen LogP contribution is 2.45. The molecule has 0 heterocycles. The van der Waals surface area contributed by atoms with Crippen LogP contribution >= 0.6 is 0 Å². The standard InChI is InChI=1S/C13H14N2O2/c1-17-8-10-2-4-11(5-3-10)15-12(16)13(9-14)6-7-13/h2-5H,6-8H2,1H3,(H,15,16). The fourth-order valence-electron chi connectivity index (χ4n) is 1.62. The molecule has 1 N–H and O–H groups in total. The van der Waals surface area contributed by atoms with Crippen molar-refractivity contribution in [1.29, 1.82) is 5.26 Å². The van der Waals surface area contributed by atoms with E-state index in [2.05, 4.69) is 11.4 Å². The molecule has 4 heteroatoms. The molecule has 1 aromatic carbocycles. The molecule has 0 aromatic heterocycles. The molecule has 1 aliphatic carbocycles. The average molecular weight is 230 g/mol. The first kappa shape index (κ1) is 11.6. The molecular formula is C13H14N2O2. The van der Waals surface area contributed by atoms with E-state index in [1.54, 1.807) is 7.11 Å². The van der Waals surface area contributed by atoms with Crippen LogP contribution in [0.4, 0.5) is 5.69 Å². The summed E-state index contributed by atoms with van der Waals surface area (Å²) < 4.78 is 5.00. The third-order valence-corrected chi connectivity index (χ3v) is 2.92. The van der Waals surface area contributed by atoms with Gasteiger partial charge in [0, 0.05) is 12.8 Å². The summed E-state index contributed by atoms with van der Waals surface area (Å²) in [6, 6.07) is 9.50. The maximum atomic E-state index is 11.8. The molecule has 17 heavy (non-hydrogen) atoms.